The maximum Gasteiger partial charge on any atom is 0.305 e. The molecule has 0 aliphatic heterocycles. The van der Waals surface area contributed by atoms with Crippen molar-refractivity contribution in [3.63, 3.8) is 0 Å². The van der Waals surface area contributed by atoms with Gasteiger partial charge in [-0.15, -0.1) is 11.3 Å². The minimum atomic E-state index is -0.195. The third-order valence-electron chi connectivity index (χ3n) is 4.09. The molecule has 1 heterocycles. The first kappa shape index (κ1) is 16.4. The molecule has 0 atom stereocenters. The molecule has 1 aliphatic carbocycles. The zero-order valence-corrected chi connectivity index (χ0v) is 13.8. The van der Waals surface area contributed by atoms with E-state index in [1.165, 1.54) is 32.8 Å². The van der Waals surface area contributed by atoms with Gasteiger partial charge < -0.3 is 9.47 Å². The van der Waals surface area contributed by atoms with Crippen LogP contribution in [0.15, 0.2) is 5.38 Å². The van der Waals surface area contributed by atoms with E-state index in [4.69, 9.17) is 9.72 Å². The first-order valence-corrected chi connectivity index (χ1v) is 8.74. The zero-order chi connectivity index (χ0) is 15.1. The largest absolute Gasteiger partial charge is 0.469 e. The Morgan fingerprint density at radius 3 is 2.67 bits per heavy atom. The zero-order valence-electron chi connectivity index (χ0n) is 13.0. The van der Waals surface area contributed by atoms with Crippen molar-refractivity contribution in [1.82, 2.24) is 4.98 Å². The summed E-state index contributed by atoms with van der Waals surface area (Å²) in [5, 5.41) is 3.15. The highest BCUT2D eigenvalue weighted by atomic mass is 32.1. The van der Waals surface area contributed by atoms with Gasteiger partial charge in [0.2, 0.25) is 0 Å². The second-order valence-electron chi connectivity index (χ2n) is 5.56. The molecular weight excluding hydrogens is 286 g/mol. The Bertz CT molecular complexity index is 450. The van der Waals surface area contributed by atoms with Crippen LogP contribution in [-0.4, -0.2) is 24.7 Å². The Kier molecular flexibility index (Phi) is 6.18. The van der Waals surface area contributed by atoms with Crippen LogP contribution in [0.25, 0.3) is 0 Å². The van der Waals surface area contributed by atoms with Crippen LogP contribution in [0.1, 0.15) is 62.6 Å². The van der Waals surface area contributed by atoms with Gasteiger partial charge in [-0.25, -0.2) is 4.98 Å². The summed E-state index contributed by atoms with van der Waals surface area (Å²) in [5.74, 6) is -0.182. The molecule has 4 nitrogen and oxygen atoms in total. The molecule has 1 aromatic rings. The average molecular weight is 311 g/mol. The summed E-state index contributed by atoms with van der Waals surface area (Å²) in [6.45, 7) is 2.77. The summed E-state index contributed by atoms with van der Waals surface area (Å²) in [5.41, 5.74) is 0.781. The van der Waals surface area contributed by atoms with Crippen molar-refractivity contribution in [3.05, 3.63) is 16.1 Å². The SMILES string of the molecule is CCOC1(c2nc(CCC(=O)OC)cs2)CCCCCC1. The van der Waals surface area contributed by atoms with Crippen LogP contribution in [0.3, 0.4) is 0 Å². The number of thiazole rings is 1. The third-order valence-corrected chi connectivity index (χ3v) is 5.16. The molecule has 1 fully saturated rings. The number of ether oxygens (including phenoxy) is 2. The summed E-state index contributed by atoms with van der Waals surface area (Å²) >= 11 is 1.68. The van der Waals surface area contributed by atoms with Crippen LogP contribution >= 0.6 is 11.3 Å². The molecule has 118 valence electrons. The molecule has 1 saturated carbocycles. The van der Waals surface area contributed by atoms with E-state index in [-0.39, 0.29) is 11.6 Å². The van der Waals surface area contributed by atoms with Crippen molar-refractivity contribution in [3.8, 4) is 0 Å². The maximum absolute atomic E-state index is 11.2. The fraction of sp³-hybridized carbons (Fsp3) is 0.750. The molecule has 1 aromatic heterocycles. The van der Waals surface area contributed by atoms with Crippen molar-refractivity contribution in [2.45, 2.75) is 63.9 Å². The number of carbonyl (C=O) groups excluding carboxylic acids is 1. The number of esters is 1. The Morgan fingerprint density at radius 1 is 1.33 bits per heavy atom. The molecule has 2 rings (SSSR count). The first-order valence-electron chi connectivity index (χ1n) is 7.86. The Morgan fingerprint density at radius 2 is 2.05 bits per heavy atom. The number of hydrogen-bond acceptors (Lipinski definition) is 5. The van der Waals surface area contributed by atoms with Gasteiger partial charge in [0, 0.05) is 18.4 Å². The number of hydrogen-bond donors (Lipinski definition) is 0. The third kappa shape index (κ3) is 4.27. The van der Waals surface area contributed by atoms with Gasteiger partial charge in [0.25, 0.3) is 0 Å². The average Bonchev–Trinajstić information content (AvgIpc) is 2.85. The van der Waals surface area contributed by atoms with Crippen LogP contribution in [0.5, 0.6) is 0 Å². The molecule has 0 unspecified atom stereocenters. The molecule has 0 spiro atoms. The van der Waals surface area contributed by atoms with Crippen molar-refractivity contribution < 1.29 is 14.3 Å². The lowest BCUT2D eigenvalue weighted by Gasteiger charge is -2.30. The van der Waals surface area contributed by atoms with Gasteiger partial charge in [-0.05, 0) is 19.8 Å². The quantitative estimate of drug-likeness (QED) is 0.591. The normalized spacial score (nSPS) is 18.2. The lowest BCUT2D eigenvalue weighted by Crippen LogP contribution is -2.29. The van der Waals surface area contributed by atoms with Crippen LogP contribution in [0, 0.1) is 0 Å². The van der Waals surface area contributed by atoms with Crippen LogP contribution < -0.4 is 0 Å². The van der Waals surface area contributed by atoms with Gasteiger partial charge in [0.05, 0.1) is 19.2 Å². The first-order chi connectivity index (χ1) is 10.2. The van der Waals surface area contributed by atoms with E-state index >= 15 is 0 Å². The van der Waals surface area contributed by atoms with Crippen molar-refractivity contribution in [2.75, 3.05) is 13.7 Å². The van der Waals surface area contributed by atoms with Crippen molar-refractivity contribution in [1.29, 1.82) is 0 Å². The summed E-state index contributed by atoms with van der Waals surface area (Å²) in [7, 11) is 1.42. The number of aryl methyl sites for hydroxylation is 1. The van der Waals surface area contributed by atoms with E-state index in [0.717, 1.165) is 30.2 Å². The summed E-state index contributed by atoms with van der Waals surface area (Å²) < 4.78 is 10.8. The minimum absolute atomic E-state index is 0.182. The van der Waals surface area contributed by atoms with E-state index in [1.54, 1.807) is 11.3 Å². The fourth-order valence-electron chi connectivity index (χ4n) is 2.96. The van der Waals surface area contributed by atoms with E-state index in [0.29, 0.717) is 12.8 Å². The van der Waals surface area contributed by atoms with E-state index < -0.39 is 0 Å². The second-order valence-corrected chi connectivity index (χ2v) is 6.42. The van der Waals surface area contributed by atoms with Crippen LogP contribution in [-0.2, 0) is 26.3 Å². The second kappa shape index (κ2) is 7.90. The smallest absolute Gasteiger partial charge is 0.305 e. The number of rotatable bonds is 6. The molecule has 0 bridgehead atoms. The molecule has 5 heteroatoms. The predicted octanol–water partition coefficient (Wildman–Crippen LogP) is 3.83. The predicted molar refractivity (Wildman–Crippen MR) is 83.5 cm³/mol. The van der Waals surface area contributed by atoms with Gasteiger partial charge in [-0.1, -0.05) is 25.7 Å². The monoisotopic (exact) mass is 311 g/mol. The summed E-state index contributed by atoms with van der Waals surface area (Å²) in [6, 6.07) is 0. The van der Waals surface area contributed by atoms with E-state index in [9.17, 15) is 4.79 Å². The highest BCUT2D eigenvalue weighted by molar-refractivity contribution is 7.09. The van der Waals surface area contributed by atoms with Gasteiger partial charge in [0.15, 0.2) is 0 Å². The van der Waals surface area contributed by atoms with Gasteiger partial charge in [-0.2, -0.15) is 0 Å². The number of methoxy groups -OCH3 is 1. The molecule has 1 aliphatic rings. The fourth-order valence-corrected chi connectivity index (χ4v) is 4.03. The topological polar surface area (TPSA) is 48.4 Å². The van der Waals surface area contributed by atoms with Crippen molar-refractivity contribution >= 4 is 17.3 Å². The number of nitrogens with zero attached hydrogens (tertiary/aromatic N) is 1. The Labute approximate surface area is 130 Å². The molecule has 0 amide bonds. The lowest BCUT2D eigenvalue weighted by molar-refractivity contribution is -0.140. The van der Waals surface area contributed by atoms with E-state index in [1.807, 2.05) is 0 Å². The molecular formula is C16H25NO3S. The van der Waals surface area contributed by atoms with Crippen LogP contribution in [0.2, 0.25) is 0 Å². The molecule has 0 aromatic carbocycles. The van der Waals surface area contributed by atoms with Crippen molar-refractivity contribution in [2.24, 2.45) is 0 Å². The minimum Gasteiger partial charge on any atom is -0.469 e. The van der Waals surface area contributed by atoms with Crippen LogP contribution in [0.4, 0.5) is 0 Å². The highest BCUT2D eigenvalue weighted by Crippen LogP contribution is 2.40. The van der Waals surface area contributed by atoms with E-state index in [2.05, 4.69) is 17.0 Å². The van der Waals surface area contributed by atoms with Gasteiger partial charge in [-0.3, -0.25) is 4.79 Å². The number of carbonyl (C=O) groups is 1. The number of aromatic nitrogens is 1. The molecule has 21 heavy (non-hydrogen) atoms. The maximum atomic E-state index is 11.2. The Balaban J connectivity index is 2.09. The lowest BCUT2D eigenvalue weighted by atomic mass is 9.95. The molecule has 0 saturated heterocycles. The standard InChI is InChI=1S/C16H25NO3S/c1-3-20-16(10-6-4-5-7-11-16)15-17-13(12-21-15)8-9-14(18)19-2/h12H,3-11H2,1-2H3. The summed E-state index contributed by atoms with van der Waals surface area (Å²) in [6.07, 6.45) is 8.14. The molecule has 0 radical (unpaired) electrons. The summed E-state index contributed by atoms with van der Waals surface area (Å²) in [4.78, 5) is 16.0. The van der Waals surface area contributed by atoms with Gasteiger partial charge >= 0.3 is 5.97 Å². The van der Waals surface area contributed by atoms with Gasteiger partial charge in [0.1, 0.15) is 10.6 Å². The Hall–Kier alpha value is -0.940. The molecule has 0 N–H and O–H groups in total. The highest BCUT2D eigenvalue weighted by Gasteiger charge is 2.36.